The monoisotopic (exact) mass is 250 g/mol. The van der Waals surface area contributed by atoms with Gasteiger partial charge in [-0.3, -0.25) is 4.79 Å². The second kappa shape index (κ2) is 6.12. The van der Waals surface area contributed by atoms with Gasteiger partial charge in [0.05, 0.1) is 13.2 Å². The summed E-state index contributed by atoms with van der Waals surface area (Å²) in [6.07, 6.45) is 6.66. The molecule has 0 radical (unpaired) electrons. The van der Waals surface area contributed by atoms with Crippen LogP contribution in [0, 0.1) is 5.41 Å². The van der Waals surface area contributed by atoms with Gasteiger partial charge in [-0.25, -0.2) is 0 Å². The zero-order valence-electron chi connectivity index (χ0n) is 11.4. The largest absolute Gasteiger partial charge is 0.395 e. The number of allylic oxidation sites excluding steroid dienone is 4. The molecule has 0 bridgehead atoms. The Hall–Kier alpha value is -1.19. The third kappa shape index (κ3) is 3.18. The van der Waals surface area contributed by atoms with E-state index >= 15 is 0 Å². The third-order valence-electron chi connectivity index (χ3n) is 3.65. The number of rotatable bonds is 4. The molecule has 0 fully saturated rings. The quantitative estimate of drug-likeness (QED) is 0.752. The van der Waals surface area contributed by atoms with Gasteiger partial charge in [0.1, 0.15) is 0 Å². The van der Waals surface area contributed by atoms with Crippen molar-refractivity contribution in [3.05, 3.63) is 34.9 Å². The molecule has 0 unspecified atom stereocenters. The highest BCUT2D eigenvalue weighted by Gasteiger charge is 2.34. The van der Waals surface area contributed by atoms with Crippen LogP contribution in [0.15, 0.2) is 34.9 Å². The van der Waals surface area contributed by atoms with E-state index in [1.165, 1.54) is 0 Å². The maximum absolute atomic E-state index is 11.8. The zero-order chi connectivity index (χ0) is 13.8. The molecule has 0 saturated carbocycles. The topological polar surface area (TPSA) is 57.5 Å². The van der Waals surface area contributed by atoms with Crippen molar-refractivity contribution >= 4 is 5.78 Å². The molecule has 0 heterocycles. The van der Waals surface area contributed by atoms with Crippen molar-refractivity contribution in [1.29, 1.82) is 0 Å². The SMILES string of the molecule is CC1=C(/C=C/C(C)=C/CO)[C@](C)(CO)CCC1=O. The lowest BCUT2D eigenvalue weighted by Crippen LogP contribution is -2.30. The second-order valence-electron chi connectivity index (χ2n) is 5.14. The molecular formula is C15H22O3. The molecular weight excluding hydrogens is 228 g/mol. The Morgan fingerprint density at radius 1 is 1.44 bits per heavy atom. The van der Waals surface area contributed by atoms with Crippen LogP contribution in [0.4, 0.5) is 0 Å². The normalized spacial score (nSPS) is 26.3. The number of hydrogen-bond donors (Lipinski definition) is 2. The molecule has 0 aromatic rings. The summed E-state index contributed by atoms with van der Waals surface area (Å²) >= 11 is 0. The number of carbonyl (C=O) groups is 1. The Bertz CT molecular complexity index is 415. The molecule has 0 aromatic heterocycles. The van der Waals surface area contributed by atoms with Crippen molar-refractivity contribution in [2.75, 3.05) is 13.2 Å². The fourth-order valence-corrected chi connectivity index (χ4v) is 2.23. The summed E-state index contributed by atoms with van der Waals surface area (Å²) in [5.41, 5.74) is 2.25. The molecule has 1 aliphatic rings. The summed E-state index contributed by atoms with van der Waals surface area (Å²) in [5, 5.41) is 18.4. The molecule has 0 aliphatic heterocycles. The van der Waals surface area contributed by atoms with Crippen molar-refractivity contribution in [2.24, 2.45) is 5.41 Å². The first-order chi connectivity index (χ1) is 8.44. The Morgan fingerprint density at radius 3 is 2.67 bits per heavy atom. The second-order valence-corrected chi connectivity index (χ2v) is 5.14. The summed E-state index contributed by atoms with van der Waals surface area (Å²) in [5.74, 6) is 0.157. The van der Waals surface area contributed by atoms with Gasteiger partial charge in [-0.05, 0) is 31.4 Å². The van der Waals surface area contributed by atoms with Crippen LogP contribution in [0.2, 0.25) is 0 Å². The lowest BCUT2D eigenvalue weighted by Gasteiger charge is -2.34. The maximum Gasteiger partial charge on any atom is 0.158 e. The van der Waals surface area contributed by atoms with E-state index in [9.17, 15) is 9.90 Å². The molecule has 3 nitrogen and oxygen atoms in total. The van der Waals surface area contributed by atoms with E-state index in [2.05, 4.69) is 0 Å². The lowest BCUT2D eigenvalue weighted by atomic mass is 9.71. The van der Waals surface area contributed by atoms with Gasteiger partial charge in [0.25, 0.3) is 0 Å². The number of ketones is 1. The lowest BCUT2D eigenvalue weighted by molar-refractivity contribution is -0.116. The van der Waals surface area contributed by atoms with Gasteiger partial charge in [0.2, 0.25) is 0 Å². The zero-order valence-corrected chi connectivity index (χ0v) is 11.4. The molecule has 18 heavy (non-hydrogen) atoms. The molecule has 1 atom stereocenters. The third-order valence-corrected chi connectivity index (χ3v) is 3.65. The smallest absolute Gasteiger partial charge is 0.158 e. The minimum atomic E-state index is -0.339. The molecule has 0 aromatic carbocycles. The van der Waals surface area contributed by atoms with Gasteiger partial charge < -0.3 is 10.2 Å². The highest BCUT2D eigenvalue weighted by atomic mass is 16.3. The first-order valence-corrected chi connectivity index (χ1v) is 6.25. The molecule has 3 heteroatoms. The van der Waals surface area contributed by atoms with Crippen LogP contribution in [-0.2, 0) is 4.79 Å². The molecule has 0 spiro atoms. The van der Waals surface area contributed by atoms with Crippen LogP contribution in [0.3, 0.4) is 0 Å². The first kappa shape index (κ1) is 14.9. The molecule has 0 saturated heterocycles. The van der Waals surface area contributed by atoms with E-state index in [-0.39, 0.29) is 24.4 Å². The number of hydrogen-bond acceptors (Lipinski definition) is 3. The van der Waals surface area contributed by atoms with Gasteiger partial charge in [-0.15, -0.1) is 0 Å². The van der Waals surface area contributed by atoms with Crippen molar-refractivity contribution in [1.82, 2.24) is 0 Å². The van der Waals surface area contributed by atoms with Crippen molar-refractivity contribution in [3.8, 4) is 0 Å². The molecule has 100 valence electrons. The average Bonchev–Trinajstić information content (AvgIpc) is 2.34. The van der Waals surface area contributed by atoms with E-state index in [1.54, 1.807) is 6.08 Å². The molecule has 0 amide bonds. The van der Waals surface area contributed by atoms with E-state index in [4.69, 9.17) is 5.11 Å². The summed E-state index contributed by atoms with van der Waals surface area (Å²) < 4.78 is 0. The highest BCUT2D eigenvalue weighted by molar-refractivity contribution is 5.97. The molecule has 1 aliphatic carbocycles. The predicted octanol–water partition coefficient (Wildman–Crippen LogP) is 2.16. The van der Waals surface area contributed by atoms with Crippen LogP contribution in [0.5, 0.6) is 0 Å². The van der Waals surface area contributed by atoms with Crippen LogP contribution in [0.1, 0.15) is 33.6 Å². The Labute approximate surface area is 109 Å². The predicted molar refractivity (Wildman–Crippen MR) is 72.1 cm³/mol. The van der Waals surface area contributed by atoms with Crippen molar-refractivity contribution in [3.63, 3.8) is 0 Å². The fraction of sp³-hybridized carbons (Fsp3) is 0.533. The number of Topliss-reactive ketones (excluding diaryl/α,β-unsaturated/α-hetero) is 1. The highest BCUT2D eigenvalue weighted by Crippen LogP contribution is 2.39. The van der Waals surface area contributed by atoms with Gasteiger partial charge in [0.15, 0.2) is 5.78 Å². The van der Waals surface area contributed by atoms with Crippen LogP contribution < -0.4 is 0 Å². The first-order valence-electron chi connectivity index (χ1n) is 6.25. The minimum absolute atomic E-state index is 0.00437. The number of aliphatic hydroxyl groups is 2. The van der Waals surface area contributed by atoms with E-state index < -0.39 is 0 Å². The summed E-state index contributed by atoms with van der Waals surface area (Å²) in [7, 11) is 0. The summed E-state index contributed by atoms with van der Waals surface area (Å²) in [6, 6.07) is 0. The molecule has 2 N–H and O–H groups in total. The van der Waals surface area contributed by atoms with Crippen molar-refractivity contribution < 1.29 is 15.0 Å². The summed E-state index contributed by atoms with van der Waals surface area (Å²) in [4.78, 5) is 11.8. The number of carbonyl (C=O) groups excluding carboxylic acids is 1. The van der Waals surface area contributed by atoms with E-state index in [0.717, 1.165) is 16.7 Å². The standard InChI is InChI=1S/C15H22O3/c1-11(7-9-16)4-5-13-12(2)14(18)6-8-15(13,3)10-17/h4-5,7,16-17H,6,8-10H2,1-3H3/b5-4+,11-7+/t15-/m0/s1. The van der Waals surface area contributed by atoms with Crippen LogP contribution in [0.25, 0.3) is 0 Å². The maximum atomic E-state index is 11.8. The average molecular weight is 250 g/mol. The Morgan fingerprint density at radius 2 is 2.11 bits per heavy atom. The van der Waals surface area contributed by atoms with E-state index in [1.807, 2.05) is 32.9 Å². The van der Waals surface area contributed by atoms with Crippen molar-refractivity contribution in [2.45, 2.75) is 33.6 Å². The minimum Gasteiger partial charge on any atom is -0.395 e. The van der Waals surface area contributed by atoms with Gasteiger partial charge in [-0.1, -0.05) is 30.7 Å². The van der Waals surface area contributed by atoms with Gasteiger partial charge >= 0.3 is 0 Å². The Kier molecular flexibility index (Phi) is 5.05. The van der Waals surface area contributed by atoms with Gasteiger partial charge in [-0.2, -0.15) is 0 Å². The fourth-order valence-electron chi connectivity index (χ4n) is 2.23. The Balaban J connectivity index is 3.10. The van der Waals surface area contributed by atoms with Crippen LogP contribution >= 0.6 is 0 Å². The molecule has 1 rings (SSSR count). The van der Waals surface area contributed by atoms with Gasteiger partial charge in [0, 0.05) is 11.8 Å². The van der Waals surface area contributed by atoms with Crippen LogP contribution in [-0.4, -0.2) is 29.2 Å². The summed E-state index contributed by atoms with van der Waals surface area (Å²) in [6.45, 7) is 5.74. The van der Waals surface area contributed by atoms with E-state index in [0.29, 0.717) is 12.8 Å². The number of aliphatic hydroxyl groups excluding tert-OH is 2.